The van der Waals surface area contributed by atoms with Gasteiger partial charge in [0.1, 0.15) is 16.5 Å². The van der Waals surface area contributed by atoms with E-state index in [1.165, 1.54) is 28.4 Å². The van der Waals surface area contributed by atoms with Crippen molar-refractivity contribution in [3.63, 3.8) is 0 Å². The van der Waals surface area contributed by atoms with Crippen LogP contribution in [0.5, 0.6) is 0 Å². The van der Waals surface area contributed by atoms with Crippen molar-refractivity contribution in [1.82, 2.24) is 9.88 Å². The minimum atomic E-state index is -0.897. The van der Waals surface area contributed by atoms with Crippen LogP contribution < -0.4 is 0 Å². The monoisotopic (exact) mass is 334 g/mol. The SMILES string of the molecule is CC1(C(=O)O)CCN(C(=O)c2csc(-c3ccc(F)cc3)n2)C1. The largest absolute Gasteiger partial charge is 0.481 e. The number of likely N-dealkylation sites (tertiary alicyclic amines) is 1. The van der Waals surface area contributed by atoms with Crippen LogP contribution in [0, 0.1) is 11.2 Å². The molecule has 0 spiro atoms. The van der Waals surface area contributed by atoms with Crippen LogP contribution in [0.1, 0.15) is 23.8 Å². The summed E-state index contributed by atoms with van der Waals surface area (Å²) in [6, 6.07) is 5.91. The first-order valence-corrected chi connectivity index (χ1v) is 8.01. The Bertz CT molecular complexity index is 759. The molecule has 3 rings (SSSR count). The first kappa shape index (κ1) is 15.6. The predicted molar refractivity (Wildman–Crippen MR) is 83.8 cm³/mol. The summed E-state index contributed by atoms with van der Waals surface area (Å²) >= 11 is 1.30. The lowest BCUT2D eigenvalue weighted by Gasteiger charge is -2.19. The Morgan fingerprint density at radius 1 is 1.35 bits per heavy atom. The van der Waals surface area contributed by atoms with E-state index in [-0.39, 0.29) is 18.3 Å². The van der Waals surface area contributed by atoms with Crippen molar-refractivity contribution in [1.29, 1.82) is 0 Å². The smallest absolute Gasteiger partial charge is 0.311 e. The zero-order chi connectivity index (χ0) is 16.6. The number of nitrogens with zero attached hydrogens (tertiary/aromatic N) is 2. The molecule has 5 nitrogen and oxygen atoms in total. The van der Waals surface area contributed by atoms with Gasteiger partial charge in [0.15, 0.2) is 0 Å². The molecular formula is C16H15FN2O3S. The van der Waals surface area contributed by atoms with Crippen molar-refractivity contribution < 1.29 is 19.1 Å². The van der Waals surface area contributed by atoms with E-state index in [0.29, 0.717) is 23.7 Å². The number of aromatic nitrogens is 1. The third-order valence-corrected chi connectivity index (χ3v) is 4.98. The van der Waals surface area contributed by atoms with E-state index in [0.717, 1.165) is 5.56 Å². The van der Waals surface area contributed by atoms with Gasteiger partial charge in [-0.25, -0.2) is 9.37 Å². The lowest BCUT2D eigenvalue weighted by atomic mass is 9.90. The van der Waals surface area contributed by atoms with E-state index in [2.05, 4.69) is 4.98 Å². The van der Waals surface area contributed by atoms with Crippen molar-refractivity contribution in [3.05, 3.63) is 41.2 Å². The van der Waals surface area contributed by atoms with E-state index in [9.17, 15) is 19.1 Å². The van der Waals surface area contributed by atoms with E-state index >= 15 is 0 Å². The van der Waals surface area contributed by atoms with Crippen LogP contribution in [0.25, 0.3) is 10.6 Å². The zero-order valence-electron chi connectivity index (χ0n) is 12.5. The molecule has 1 unspecified atom stereocenters. The van der Waals surface area contributed by atoms with E-state index in [1.807, 2.05) is 0 Å². The fourth-order valence-corrected chi connectivity index (χ4v) is 3.37. The Labute approximate surface area is 136 Å². The van der Waals surface area contributed by atoms with Gasteiger partial charge in [-0.05, 0) is 37.6 Å². The predicted octanol–water partition coefficient (Wildman–Crippen LogP) is 2.89. The molecule has 0 aliphatic carbocycles. The number of halogens is 1. The normalized spacial score (nSPS) is 20.7. The number of thiazole rings is 1. The van der Waals surface area contributed by atoms with Crippen LogP contribution in [0.2, 0.25) is 0 Å². The van der Waals surface area contributed by atoms with Gasteiger partial charge in [0.2, 0.25) is 0 Å². The highest BCUT2D eigenvalue weighted by Gasteiger charge is 2.42. The quantitative estimate of drug-likeness (QED) is 0.937. The molecule has 1 atom stereocenters. The van der Waals surface area contributed by atoms with Gasteiger partial charge >= 0.3 is 5.97 Å². The van der Waals surface area contributed by atoms with Crippen molar-refractivity contribution in [2.75, 3.05) is 13.1 Å². The Morgan fingerprint density at radius 3 is 2.65 bits per heavy atom. The van der Waals surface area contributed by atoms with Crippen molar-refractivity contribution in [2.45, 2.75) is 13.3 Å². The van der Waals surface area contributed by atoms with Crippen LogP contribution in [0.15, 0.2) is 29.6 Å². The molecule has 23 heavy (non-hydrogen) atoms. The number of hydrogen-bond acceptors (Lipinski definition) is 4. The molecule has 2 heterocycles. The molecule has 1 aliphatic rings. The second-order valence-corrected chi connectivity index (χ2v) is 6.75. The standard InChI is InChI=1S/C16H15FN2O3S/c1-16(15(21)22)6-7-19(9-16)14(20)12-8-23-13(18-12)10-2-4-11(17)5-3-10/h2-5,8H,6-7,9H2,1H3,(H,21,22). The van der Waals surface area contributed by atoms with Gasteiger partial charge in [-0.1, -0.05) is 0 Å². The topological polar surface area (TPSA) is 70.5 Å². The molecule has 1 amide bonds. The second kappa shape index (κ2) is 5.73. The first-order valence-electron chi connectivity index (χ1n) is 7.13. The summed E-state index contributed by atoms with van der Waals surface area (Å²) in [5.74, 6) is -1.48. The van der Waals surface area contributed by atoms with E-state index in [4.69, 9.17) is 0 Å². The number of carbonyl (C=O) groups excluding carboxylic acids is 1. The highest BCUT2D eigenvalue weighted by molar-refractivity contribution is 7.13. The van der Waals surface area contributed by atoms with Gasteiger partial charge in [-0.15, -0.1) is 11.3 Å². The van der Waals surface area contributed by atoms with Gasteiger partial charge in [-0.2, -0.15) is 0 Å². The summed E-state index contributed by atoms with van der Waals surface area (Å²) < 4.78 is 13.0. The lowest BCUT2D eigenvalue weighted by molar-refractivity contribution is -0.147. The maximum Gasteiger partial charge on any atom is 0.311 e. The minimum Gasteiger partial charge on any atom is -0.481 e. The van der Waals surface area contributed by atoms with E-state index < -0.39 is 11.4 Å². The van der Waals surface area contributed by atoms with Crippen LogP contribution in [-0.4, -0.2) is 40.0 Å². The first-order chi connectivity index (χ1) is 10.9. The molecule has 2 aromatic rings. The van der Waals surface area contributed by atoms with E-state index in [1.54, 1.807) is 24.4 Å². The molecule has 1 saturated heterocycles. The van der Waals surface area contributed by atoms with Gasteiger partial charge in [-0.3, -0.25) is 9.59 Å². The van der Waals surface area contributed by atoms with Gasteiger partial charge in [0.05, 0.1) is 5.41 Å². The summed E-state index contributed by atoms with van der Waals surface area (Å²) in [5.41, 5.74) is 0.141. The Hall–Kier alpha value is -2.28. The molecule has 0 saturated carbocycles. The number of carboxylic acid groups (broad SMARTS) is 1. The summed E-state index contributed by atoms with van der Waals surface area (Å²) in [7, 11) is 0. The number of hydrogen-bond donors (Lipinski definition) is 1. The maximum atomic E-state index is 13.0. The lowest BCUT2D eigenvalue weighted by Crippen LogP contribution is -2.35. The number of amides is 1. The van der Waals surface area contributed by atoms with Crippen molar-refractivity contribution in [2.24, 2.45) is 5.41 Å². The Balaban J connectivity index is 1.77. The van der Waals surface area contributed by atoms with Crippen LogP contribution in [0.3, 0.4) is 0 Å². The fraction of sp³-hybridized carbons (Fsp3) is 0.312. The summed E-state index contributed by atoms with van der Waals surface area (Å²) in [4.78, 5) is 29.6. The molecule has 1 aromatic carbocycles. The Morgan fingerprint density at radius 2 is 2.04 bits per heavy atom. The highest BCUT2D eigenvalue weighted by atomic mass is 32.1. The average Bonchev–Trinajstić information content (AvgIpc) is 3.15. The van der Waals surface area contributed by atoms with Gasteiger partial charge < -0.3 is 10.0 Å². The van der Waals surface area contributed by atoms with Crippen molar-refractivity contribution >= 4 is 23.2 Å². The van der Waals surface area contributed by atoms with Crippen molar-refractivity contribution in [3.8, 4) is 10.6 Å². The summed E-state index contributed by atoms with van der Waals surface area (Å²) in [6.45, 7) is 2.24. The van der Waals surface area contributed by atoms with Crippen LogP contribution in [-0.2, 0) is 4.79 Å². The number of carboxylic acids is 1. The maximum absolute atomic E-state index is 13.0. The third kappa shape index (κ3) is 2.96. The summed E-state index contributed by atoms with van der Waals surface area (Å²) in [5, 5.41) is 11.5. The molecule has 1 aliphatic heterocycles. The molecular weight excluding hydrogens is 319 g/mol. The summed E-state index contributed by atoms with van der Waals surface area (Å²) in [6.07, 6.45) is 0.434. The number of benzene rings is 1. The minimum absolute atomic E-state index is 0.185. The second-order valence-electron chi connectivity index (χ2n) is 5.89. The zero-order valence-corrected chi connectivity index (χ0v) is 13.3. The third-order valence-electron chi connectivity index (χ3n) is 4.09. The molecule has 7 heteroatoms. The average molecular weight is 334 g/mol. The number of rotatable bonds is 3. The van der Waals surface area contributed by atoms with Gasteiger partial charge in [0.25, 0.3) is 5.91 Å². The molecule has 1 fully saturated rings. The molecule has 1 aromatic heterocycles. The fourth-order valence-electron chi connectivity index (χ4n) is 2.57. The molecule has 0 radical (unpaired) electrons. The highest BCUT2D eigenvalue weighted by Crippen LogP contribution is 2.32. The molecule has 1 N–H and O–H groups in total. The number of carbonyl (C=O) groups is 2. The van der Waals surface area contributed by atoms with Crippen LogP contribution >= 0.6 is 11.3 Å². The molecule has 0 bridgehead atoms. The number of aliphatic carboxylic acids is 1. The Kier molecular flexibility index (Phi) is 3.89. The van der Waals surface area contributed by atoms with Gasteiger partial charge in [0, 0.05) is 24.0 Å². The van der Waals surface area contributed by atoms with Crippen LogP contribution in [0.4, 0.5) is 4.39 Å². The molecule has 120 valence electrons.